The number of nitrogens with one attached hydrogen (secondary N) is 1. The quantitative estimate of drug-likeness (QED) is 0.817. The fraction of sp³-hybridized carbons (Fsp3) is 0.429. The molecule has 5 nitrogen and oxygen atoms in total. The van der Waals surface area contributed by atoms with Crippen molar-refractivity contribution in [1.29, 1.82) is 0 Å². The van der Waals surface area contributed by atoms with E-state index in [-0.39, 0.29) is 25.0 Å². The van der Waals surface area contributed by atoms with Crippen LogP contribution in [0.5, 0.6) is 0 Å². The molecule has 0 spiro atoms. The number of aryl methyl sites for hydroxylation is 1. The van der Waals surface area contributed by atoms with Gasteiger partial charge in [-0.1, -0.05) is 12.1 Å². The van der Waals surface area contributed by atoms with Gasteiger partial charge < -0.3 is 15.3 Å². The van der Waals surface area contributed by atoms with Gasteiger partial charge in [-0.25, -0.2) is 0 Å². The number of benzene rings is 1. The van der Waals surface area contributed by atoms with Crippen molar-refractivity contribution >= 4 is 17.5 Å². The second-order valence-corrected chi connectivity index (χ2v) is 4.67. The highest BCUT2D eigenvalue weighted by atomic mass is 16.3. The van der Waals surface area contributed by atoms with Gasteiger partial charge >= 0.3 is 0 Å². The van der Waals surface area contributed by atoms with Gasteiger partial charge in [-0.15, -0.1) is 0 Å². The maximum Gasteiger partial charge on any atom is 0.227 e. The summed E-state index contributed by atoms with van der Waals surface area (Å²) in [6.45, 7) is 0.226. The van der Waals surface area contributed by atoms with Crippen LogP contribution in [0.4, 0.5) is 5.69 Å². The van der Waals surface area contributed by atoms with Crippen molar-refractivity contribution in [1.82, 2.24) is 5.32 Å². The first-order valence-electron chi connectivity index (χ1n) is 6.37. The van der Waals surface area contributed by atoms with Crippen LogP contribution in [0.1, 0.15) is 17.5 Å². The lowest BCUT2D eigenvalue weighted by Crippen LogP contribution is -2.31. The molecule has 1 aromatic rings. The average molecular weight is 262 g/mol. The summed E-state index contributed by atoms with van der Waals surface area (Å²) in [5.74, 6) is 0.0233. The molecule has 0 atom stereocenters. The van der Waals surface area contributed by atoms with Gasteiger partial charge in [0.1, 0.15) is 0 Å². The third kappa shape index (κ3) is 3.12. The van der Waals surface area contributed by atoms with E-state index in [9.17, 15) is 9.59 Å². The maximum absolute atomic E-state index is 11.6. The summed E-state index contributed by atoms with van der Waals surface area (Å²) < 4.78 is 0. The summed E-state index contributed by atoms with van der Waals surface area (Å²) in [7, 11) is 1.77. The van der Waals surface area contributed by atoms with E-state index < -0.39 is 0 Å². The molecule has 0 aromatic heterocycles. The predicted molar refractivity (Wildman–Crippen MR) is 72.0 cm³/mol. The first-order valence-corrected chi connectivity index (χ1v) is 6.37. The smallest absolute Gasteiger partial charge is 0.227 e. The predicted octanol–water partition coefficient (Wildman–Crippen LogP) is 0.247. The monoisotopic (exact) mass is 262 g/mol. The van der Waals surface area contributed by atoms with Crippen LogP contribution in [0.3, 0.4) is 0 Å². The fourth-order valence-corrected chi connectivity index (χ4v) is 2.26. The van der Waals surface area contributed by atoms with Gasteiger partial charge in [0.25, 0.3) is 0 Å². The lowest BCUT2D eigenvalue weighted by atomic mass is 9.98. The second kappa shape index (κ2) is 5.84. The normalized spacial score (nSPS) is 14.2. The van der Waals surface area contributed by atoms with E-state index in [0.717, 1.165) is 23.2 Å². The molecule has 0 unspecified atom stereocenters. The van der Waals surface area contributed by atoms with Crippen molar-refractivity contribution in [3.8, 4) is 0 Å². The van der Waals surface area contributed by atoms with Crippen molar-refractivity contribution in [3.05, 3.63) is 29.3 Å². The van der Waals surface area contributed by atoms with E-state index in [4.69, 9.17) is 5.11 Å². The zero-order valence-electron chi connectivity index (χ0n) is 11.0. The lowest BCUT2D eigenvalue weighted by Gasteiger charge is -2.26. The van der Waals surface area contributed by atoms with E-state index in [1.165, 1.54) is 0 Å². The van der Waals surface area contributed by atoms with Crippen LogP contribution in [0.25, 0.3) is 0 Å². The molecular formula is C14H18N2O3. The highest BCUT2D eigenvalue weighted by Gasteiger charge is 2.20. The Balaban J connectivity index is 2.09. The molecular weight excluding hydrogens is 244 g/mol. The van der Waals surface area contributed by atoms with Gasteiger partial charge in [0, 0.05) is 25.7 Å². The number of amides is 2. The van der Waals surface area contributed by atoms with Crippen LogP contribution in [0, 0.1) is 0 Å². The summed E-state index contributed by atoms with van der Waals surface area (Å²) in [5, 5.41) is 11.3. The zero-order valence-corrected chi connectivity index (χ0v) is 11.0. The van der Waals surface area contributed by atoms with E-state index >= 15 is 0 Å². The summed E-state index contributed by atoms with van der Waals surface area (Å²) >= 11 is 0. The third-order valence-corrected chi connectivity index (χ3v) is 3.29. The van der Waals surface area contributed by atoms with Crippen LogP contribution in [0.15, 0.2) is 18.2 Å². The molecule has 2 N–H and O–H groups in total. The molecule has 1 aliphatic heterocycles. The topological polar surface area (TPSA) is 69.6 Å². The molecule has 0 fully saturated rings. The van der Waals surface area contributed by atoms with Crippen molar-refractivity contribution < 1.29 is 14.7 Å². The molecule has 1 aromatic carbocycles. The Morgan fingerprint density at radius 1 is 1.42 bits per heavy atom. The minimum absolute atomic E-state index is 0.0527. The van der Waals surface area contributed by atoms with Crippen molar-refractivity contribution in [3.63, 3.8) is 0 Å². The molecule has 1 aliphatic rings. The van der Waals surface area contributed by atoms with Crippen molar-refractivity contribution in [2.45, 2.75) is 19.3 Å². The Morgan fingerprint density at radius 2 is 2.21 bits per heavy atom. The van der Waals surface area contributed by atoms with Crippen LogP contribution in [0.2, 0.25) is 0 Å². The van der Waals surface area contributed by atoms with E-state index in [1.54, 1.807) is 11.9 Å². The van der Waals surface area contributed by atoms with Gasteiger partial charge in [-0.05, 0) is 23.6 Å². The molecule has 0 saturated carbocycles. The zero-order chi connectivity index (χ0) is 13.8. The number of hydrogen-bond donors (Lipinski definition) is 2. The number of carbonyl (C=O) groups excluding carboxylic acids is 2. The molecule has 0 bridgehead atoms. The Bertz CT molecular complexity index is 499. The highest BCUT2D eigenvalue weighted by Crippen LogP contribution is 2.27. The Hall–Kier alpha value is -1.88. The van der Waals surface area contributed by atoms with Gasteiger partial charge in [0.2, 0.25) is 11.8 Å². The average Bonchev–Trinajstić information content (AvgIpc) is 2.41. The standard InChI is InChI=1S/C14H18N2O3/c1-16-12-4-2-10(9-13(18)15-6-7-17)8-11(12)3-5-14(16)19/h2,4,8,17H,3,5-7,9H2,1H3,(H,15,18). The number of aliphatic hydroxyl groups is 1. The number of hydrogen-bond acceptors (Lipinski definition) is 3. The van der Waals surface area contributed by atoms with E-state index in [0.29, 0.717) is 12.8 Å². The molecule has 0 radical (unpaired) electrons. The Labute approximate surface area is 112 Å². The minimum atomic E-state index is -0.103. The lowest BCUT2D eigenvalue weighted by molar-refractivity contribution is -0.120. The largest absolute Gasteiger partial charge is 0.395 e. The Kier molecular flexibility index (Phi) is 4.16. The molecule has 0 aliphatic carbocycles. The molecule has 2 rings (SSSR count). The van der Waals surface area contributed by atoms with Crippen molar-refractivity contribution in [2.24, 2.45) is 0 Å². The number of aliphatic hydroxyl groups excluding tert-OH is 1. The van der Waals surface area contributed by atoms with Gasteiger partial charge in [0.15, 0.2) is 0 Å². The van der Waals surface area contributed by atoms with Crippen LogP contribution in [-0.2, 0) is 22.4 Å². The number of anilines is 1. The molecule has 102 valence electrons. The molecule has 5 heteroatoms. The first-order chi connectivity index (χ1) is 9.11. The van der Waals surface area contributed by atoms with Crippen LogP contribution < -0.4 is 10.2 Å². The summed E-state index contributed by atoms with van der Waals surface area (Å²) in [5.41, 5.74) is 2.96. The number of rotatable bonds is 4. The fourth-order valence-electron chi connectivity index (χ4n) is 2.26. The first kappa shape index (κ1) is 13.5. The highest BCUT2D eigenvalue weighted by molar-refractivity contribution is 5.96. The molecule has 1 heterocycles. The Morgan fingerprint density at radius 3 is 2.95 bits per heavy atom. The minimum Gasteiger partial charge on any atom is -0.395 e. The van der Waals surface area contributed by atoms with Crippen LogP contribution in [-0.4, -0.2) is 37.1 Å². The second-order valence-electron chi connectivity index (χ2n) is 4.67. The molecule has 19 heavy (non-hydrogen) atoms. The van der Waals surface area contributed by atoms with Gasteiger partial charge in [-0.2, -0.15) is 0 Å². The summed E-state index contributed by atoms with van der Waals surface area (Å²) in [6, 6.07) is 5.74. The SMILES string of the molecule is CN1C(=O)CCc2cc(CC(=O)NCCO)ccc21. The van der Waals surface area contributed by atoms with E-state index in [2.05, 4.69) is 5.32 Å². The molecule has 2 amide bonds. The number of fused-ring (bicyclic) bond motifs is 1. The van der Waals surface area contributed by atoms with E-state index in [1.807, 2.05) is 18.2 Å². The van der Waals surface area contributed by atoms with Crippen molar-refractivity contribution in [2.75, 3.05) is 25.1 Å². The molecule has 0 saturated heterocycles. The third-order valence-electron chi connectivity index (χ3n) is 3.29. The van der Waals surface area contributed by atoms with Gasteiger partial charge in [0.05, 0.1) is 13.0 Å². The number of nitrogens with zero attached hydrogens (tertiary/aromatic N) is 1. The van der Waals surface area contributed by atoms with Gasteiger partial charge in [-0.3, -0.25) is 9.59 Å². The maximum atomic E-state index is 11.6. The summed E-state index contributed by atoms with van der Waals surface area (Å²) in [6.07, 6.45) is 1.54. The number of carbonyl (C=O) groups is 2. The summed E-state index contributed by atoms with van der Waals surface area (Å²) in [4.78, 5) is 24.8. The van der Waals surface area contributed by atoms with Crippen LogP contribution >= 0.6 is 0 Å².